The summed E-state index contributed by atoms with van der Waals surface area (Å²) in [7, 11) is 1.83. The van der Waals surface area contributed by atoms with Crippen LogP contribution in [-0.4, -0.2) is 50.1 Å². The van der Waals surface area contributed by atoms with Gasteiger partial charge in [-0.25, -0.2) is 4.68 Å². The number of nitrogens with zero attached hydrogens (tertiary/aromatic N) is 5. The Balaban J connectivity index is 1.46. The molecule has 1 aliphatic heterocycles. The van der Waals surface area contributed by atoms with Gasteiger partial charge in [-0.15, -0.1) is 16.4 Å². The average molecular weight is 618 g/mol. The van der Waals surface area contributed by atoms with Crippen LogP contribution in [0.15, 0.2) is 48.0 Å². The molecule has 0 bridgehead atoms. The fraction of sp³-hybridized carbons (Fsp3) is 0.394. The van der Waals surface area contributed by atoms with Crippen molar-refractivity contribution in [2.75, 3.05) is 13.2 Å². The molecule has 224 valence electrons. The number of ether oxygens (including phenoxy) is 2. The Labute approximate surface area is 260 Å². The van der Waals surface area contributed by atoms with Crippen molar-refractivity contribution in [3.05, 3.63) is 80.9 Å². The van der Waals surface area contributed by atoms with Crippen LogP contribution < -0.4 is 4.74 Å². The predicted molar refractivity (Wildman–Crippen MR) is 171 cm³/mol. The SMILES string of the molecule is CCOC(=O)C[C@@H](c1cc(CN2C[C@@H](CC)Oc3cccnc3[C@@H]2C)c2sccc2c1)c1cc(Cl)c2c(nnn2C)c1C. The van der Waals surface area contributed by atoms with E-state index in [0.29, 0.717) is 11.6 Å². The number of benzene rings is 2. The van der Waals surface area contributed by atoms with Crippen molar-refractivity contribution in [2.24, 2.45) is 7.05 Å². The zero-order valence-corrected chi connectivity index (χ0v) is 26.7. The van der Waals surface area contributed by atoms with Gasteiger partial charge in [0, 0.05) is 37.0 Å². The molecule has 0 saturated carbocycles. The first-order valence-electron chi connectivity index (χ1n) is 14.8. The van der Waals surface area contributed by atoms with Crippen molar-refractivity contribution in [3.63, 3.8) is 0 Å². The maximum Gasteiger partial charge on any atom is 0.306 e. The minimum absolute atomic E-state index is 0.0648. The van der Waals surface area contributed by atoms with E-state index in [1.807, 2.05) is 45.3 Å². The van der Waals surface area contributed by atoms with Gasteiger partial charge >= 0.3 is 5.97 Å². The fourth-order valence-corrected chi connectivity index (χ4v) is 7.46. The number of hydrogen-bond donors (Lipinski definition) is 0. The van der Waals surface area contributed by atoms with E-state index in [2.05, 4.69) is 52.6 Å². The quantitative estimate of drug-likeness (QED) is 0.168. The smallest absolute Gasteiger partial charge is 0.306 e. The molecule has 0 radical (unpaired) electrons. The number of fused-ring (bicyclic) bond motifs is 3. The number of pyridine rings is 1. The third-order valence-electron chi connectivity index (χ3n) is 8.53. The molecular formula is C33H36ClN5O3S. The van der Waals surface area contributed by atoms with Crippen molar-refractivity contribution >= 4 is 50.0 Å². The lowest BCUT2D eigenvalue weighted by Gasteiger charge is -2.29. The molecule has 3 atom stereocenters. The summed E-state index contributed by atoms with van der Waals surface area (Å²) in [4.78, 5) is 20.2. The second-order valence-electron chi connectivity index (χ2n) is 11.2. The fourth-order valence-electron chi connectivity index (χ4n) is 6.24. The Morgan fingerprint density at radius 2 is 2.09 bits per heavy atom. The number of rotatable bonds is 8. The monoisotopic (exact) mass is 617 g/mol. The van der Waals surface area contributed by atoms with Gasteiger partial charge in [-0.3, -0.25) is 14.7 Å². The molecule has 10 heteroatoms. The van der Waals surface area contributed by atoms with Gasteiger partial charge in [0.15, 0.2) is 0 Å². The minimum atomic E-state index is -0.276. The largest absolute Gasteiger partial charge is 0.487 e. The van der Waals surface area contributed by atoms with Gasteiger partial charge in [0.1, 0.15) is 22.9 Å². The van der Waals surface area contributed by atoms with Crippen LogP contribution in [0.4, 0.5) is 0 Å². The highest BCUT2D eigenvalue weighted by atomic mass is 35.5. The van der Waals surface area contributed by atoms with Gasteiger partial charge in [-0.1, -0.05) is 29.8 Å². The van der Waals surface area contributed by atoms with E-state index in [4.69, 9.17) is 26.1 Å². The van der Waals surface area contributed by atoms with Crippen LogP contribution in [0.5, 0.6) is 5.75 Å². The summed E-state index contributed by atoms with van der Waals surface area (Å²) in [6, 6.07) is 12.6. The molecule has 3 aromatic heterocycles. The number of aromatic nitrogens is 4. The zero-order chi connectivity index (χ0) is 30.2. The predicted octanol–water partition coefficient (Wildman–Crippen LogP) is 7.36. The normalized spacial score (nSPS) is 17.9. The second-order valence-corrected chi connectivity index (χ2v) is 12.5. The molecule has 5 aromatic rings. The Kier molecular flexibility index (Phi) is 8.40. The van der Waals surface area contributed by atoms with Gasteiger partial charge < -0.3 is 9.47 Å². The third kappa shape index (κ3) is 5.61. The standard InChI is InChI=1S/C33H36ClN5O3S/c1-6-24-18-39(20(4)31-28(42-24)9-8-11-35-31)17-23-14-22(13-21-10-12-43-33(21)23)26(16-29(40)41-7-2)25-15-27(34)32-30(19(25)3)36-37-38(32)5/h8-15,20,24,26H,6-7,16-18H2,1-5H3/t20-,24+,26-/m0/s1. The van der Waals surface area contributed by atoms with Crippen molar-refractivity contribution in [1.82, 2.24) is 24.9 Å². The van der Waals surface area contributed by atoms with Crippen LogP contribution in [0.1, 0.15) is 73.5 Å². The van der Waals surface area contributed by atoms with Crippen LogP contribution in [0.2, 0.25) is 5.02 Å². The lowest BCUT2D eigenvalue weighted by atomic mass is 9.84. The summed E-state index contributed by atoms with van der Waals surface area (Å²) < 4.78 is 14.8. The molecule has 6 rings (SSSR count). The van der Waals surface area contributed by atoms with Gasteiger partial charge in [-0.2, -0.15) is 0 Å². The van der Waals surface area contributed by atoms with Crippen molar-refractivity contribution < 1.29 is 14.3 Å². The van der Waals surface area contributed by atoms with Gasteiger partial charge in [-0.05, 0) is 90.5 Å². The molecule has 0 fully saturated rings. The lowest BCUT2D eigenvalue weighted by molar-refractivity contribution is -0.143. The summed E-state index contributed by atoms with van der Waals surface area (Å²) in [5.41, 5.74) is 6.64. The molecule has 0 amide bonds. The molecule has 43 heavy (non-hydrogen) atoms. The first-order valence-corrected chi connectivity index (χ1v) is 16.0. The molecular weight excluding hydrogens is 582 g/mol. The number of hydrogen-bond acceptors (Lipinski definition) is 8. The summed E-state index contributed by atoms with van der Waals surface area (Å²) in [5.74, 6) is 0.336. The number of thiophene rings is 1. The summed E-state index contributed by atoms with van der Waals surface area (Å²) >= 11 is 8.55. The number of aryl methyl sites for hydroxylation is 2. The highest BCUT2D eigenvalue weighted by Gasteiger charge is 2.30. The molecule has 8 nitrogen and oxygen atoms in total. The number of esters is 1. The maximum absolute atomic E-state index is 13.0. The first kappa shape index (κ1) is 29.5. The summed E-state index contributed by atoms with van der Waals surface area (Å²) in [6.07, 6.45) is 2.99. The van der Waals surface area contributed by atoms with Crippen LogP contribution in [-0.2, 0) is 23.1 Å². The van der Waals surface area contributed by atoms with Gasteiger partial charge in [0.2, 0.25) is 0 Å². The van der Waals surface area contributed by atoms with Crippen LogP contribution in [0.3, 0.4) is 0 Å². The number of carbonyl (C=O) groups excluding carboxylic acids is 1. The van der Waals surface area contributed by atoms with E-state index in [1.54, 1.807) is 16.0 Å². The van der Waals surface area contributed by atoms with Crippen LogP contribution in [0.25, 0.3) is 21.1 Å². The summed E-state index contributed by atoms with van der Waals surface area (Å²) in [5, 5.41) is 12.5. The highest BCUT2D eigenvalue weighted by Crippen LogP contribution is 2.40. The second kappa shape index (κ2) is 12.2. The molecule has 2 aromatic carbocycles. The molecule has 4 heterocycles. The topological polar surface area (TPSA) is 82.4 Å². The lowest BCUT2D eigenvalue weighted by Crippen LogP contribution is -2.34. The van der Waals surface area contributed by atoms with Crippen molar-refractivity contribution in [1.29, 1.82) is 0 Å². The van der Waals surface area contributed by atoms with Gasteiger partial charge in [0.05, 0.1) is 29.8 Å². The molecule has 0 N–H and O–H groups in total. The summed E-state index contributed by atoms with van der Waals surface area (Å²) in [6.45, 7) is 10.1. The van der Waals surface area contributed by atoms with E-state index in [1.165, 1.54) is 10.3 Å². The number of carbonyl (C=O) groups is 1. The van der Waals surface area contributed by atoms with Crippen LogP contribution in [0, 0.1) is 6.92 Å². The Morgan fingerprint density at radius 1 is 1.26 bits per heavy atom. The molecule has 0 saturated heterocycles. The third-order valence-corrected chi connectivity index (χ3v) is 9.83. The Bertz CT molecular complexity index is 1800. The highest BCUT2D eigenvalue weighted by molar-refractivity contribution is 7.17. The maximum atomic E-state index is 13.0. The molecule has 0 spiro atoms. The van der Waals surface area contributed by atoms with Crippen molar-refractivity contribution in [2.45, 2.75) is 65.1 Å². The van der Waals surface area contributed by atoms with E-state index in [0.717, 1.165) is 64.1 Å². The average Bonchev–Trinajstić information content (AvgIpc) is 3.61. The molecule has 0 aliphatic carbocycles. The minimum Gasteiger partial charge on any atom is -0.487 e. The van der Waals surface area contributed by atoms with E-state index in [9.17, 15) is 4.79 Å². The van der Waals surface area contributed by atoms with Gasteiger partial charge in [0.25, 0.3) is 0 Å². The Morgan fingerprint density at radius 3 is 2.88 bits per heavy atom. The van der Waals surface area contributed by atoms with E-state index < -0.39 is 0 Å². The molecule has 0 unspecified atom stereocenters. The van der Waals surface area contributed by atoms with E-state index >= 15 is 0 Å². The molecule has 1 aliphatic rings. The van der Waals surface area contributed by atoms with E-state index in [-0.39, 0.29) is 30.5 Å². The van der Waals surface area contributed by atoms with Crippen LogP contribution >= 0.6 is 22.9 Å². The zero-order valence-electron chi connectivity index (χ0n) is 25.1. The Hall–Kier alpha value is -3.53. The number of halogens is 1. The van der Waals surface area contributed by atoms with Crippen molar-refractivity contribution in [3.8, 4) is 5.75 Å². The first-order chi connectivity index (χ1) is 20.8.